The van der Waals surface area contributed by atoms with Crippen LogP contribution in [0.5, 0.6) is 0 Å². The molecule has 2 rings (SSSR count). The molecule has 0 aromatic rings. The van der Waals surface area contributed by atoms with E-state index in [1.165, 1.54) is 0 Å². The van der Waals surface area contributed by atoms with Gasteiger partial charge in [0.1, 0.15) is 0 Å². The highest BCUT2D eigenvalue weighted by atomic mass is 19.4. The van der Waals surface area contributed by atoms with Gasteiger partial charge in [-0.1, -0.05) is 13.3 Å². The molecule has 1 unspecified atom stereocenters. The van der Waals surface area contributed by atoms with E-state index in [9.17, 15) is 18.0 Å². The summed E-state index contributed by atoms with van der Waals surface area (Å²) < 4.78 is 39.4. The van der Waals surface area contributed by atoms with Crippen molar-refractivity contribution >= 4 is 5.91 Å². The fourth-order valence-corrected chi connectivity index (χ4v) is 2.92. The Labute approximate surface area is 111 Å². The van der Waals surface area contributed by atoms with E-state index in [4.69, 9.17) is 0 Å². The van der Waals surface area contributed by atoms with Crippen molar-refractivity contribution in [2.24, 2.45) is 10.8 Å². The predicted octanol–water partition coefficient (Wildman–Crippen LogP) is 2.22. The molecule has 2 aliphatic rings. The molecule has 1 aliphatic heterocycles. The van der Waals surface area contributed by atoms with Gasteiger partial charge in [0.2, 0.25) is 5.91 Å². The van der Waals surface area contributed by atoms with Crippen molar-refractivity contribution in [1.29, 1.82) is 0 Å². The average molecular weight is 278 g/mol. The average Bonchev–Trinajstić information content (AvgIpc) is 2.91. The van der Waals surface area contributed by atoms with E-state index in [-0.39, 0.29) is 24.9 Å². The number of carbonyl (C=O) groups is 1. The number of rotatable bonds is 5. The molecule has 1 aliphatic carbocycles. The van der Waals surface area contributed by atoms with Gasteiger partial charge in [-0.25, -0.2) is 0 Å². The third-order valence-corrected chi connectivity index (χ3v) is 4.49. The standard InChI is InChI=1S/C13H21F3N2O/c1-2-3-11(4-5-11)8-18-10(19)12(13(14,15)16)6-7-17-9-12/h17H,2-9H2,1H3,(H,18,19). The van der Waals surface area contributed by atoms with E-state index in [0.717, 1.165) is 25.7 Å². The lowest BCUT2D eigenvalue weighted by Gasteiger charge is -2.30. The van der Waals surface area contributed by atoms with Crippen LogP contribution < -0.4 is 10.6 Å². The molecule has 1 amide bonds. The highest BCUT2D eigenvalue weighted by Gasteiger charge is 2.61. The van der Waals surface area contributed by atoms with E-state index in [1.807, 2.05) is 0 Å². The Bertz CT molecular complexity index is 344. The van der Waals surface area contributed by atoms with Crippen LogP contribution in [0.3, 0.4) is 0 Å². The van der Waals surface area contributed by atoms with Crippen molar-refractivity contribution in [3.8, 4) is 0 Å². The maximum absolute atomic E-state index is 13.1. The van der Waals surface area contributed by atoms with Gasteiger partial charge >= 0.3 is 6.18 Å². The molecule has 1 heterocycles. The van der Waals surface area contributed by atoms with Crippen LogP contribution in [-0.2, 0) is 4.79 Å². The Hall–Kier alpha value is -0.780. The summed E-state index contributed by atoms with van der Waals surface area (Å²) in [6.07, 6.45) is -0.645. The van der Waals surface area contributed by atoms with Crippen LogP contribution in [0.4, 0.5) is 13.2 Å². The topological polar surface area (TPSA) is 41.1 Å². The van der Waals surface area contributed by atoms with Gasteiger partial charge in [0.05, 0.1) is 0 Å². The zero-order chi connectivity index (χ0) is 14.1. The summed E-state index contributed by atoms with van der Waals surface area (Å²) in [5, 5.41) is 5.22. The number of alkyl halides is 3. The second kappa shape index (κ2) is 4.96. The van der Waals surface area contributed by atoms with Crippen LogP contribution in [0.1, 0.15) is 39.0 Å². The summed E-state index contributed by atoms with van der Waals surface area (Å²) in [6.45, 7) is 2.38. The summed E-state index contributed by atoms with van der Waals surface area (Å²) >= 11 is 0. The number of hydrogen-bond donors (Lipinski definition) is 2. The fourth-order valence-electron chi connectivity index (χ4n) is 2.92. The lowest BCUT2D eigenvalue weighted by atomic mass is 9.85. The van der Waals surface area contributed by atoms with E-state index >= 15 is 0 Å². The molecule has 110 valence electrons. The molecule has 2 N–H and O–H groups in total. The van der Waals surface area contributed by atoms with Crippen molar-refractivity contribution in [2.45, 2.75) is 45.2 Å². The maximum atomic E-state index is 13.1. The van der Waals surface area contributed by atoms with E-state index < -0.39 is 17.5 Å². The van der Waals surface area contributed by atoms with Crippen LogP contribution in [0.25, 0.3) is 0 Å². The Morgan fingerprint density at radius 1 is 1.32 bits per heavy atom. The highest BCUT2D eigenvalue weighted by molar-refractivity contribution is 5.84. The van der Waals surface area contributed by atoms with Crippen LogP contribution in [0, 0.1) is 10.8 Å². The van der Waals surface area contributed by atoms with Crippen molar-refractivity contribution in [3.63, 3.8) is 0 Å². The van der Waals surface area contributed by atoms with Gasteiger partial charge in [-0.15, -0.1) is 0 Å². The molecule has 2 fully saturated rings. The van der Waals surface area contributed by atoms with Gasteiger partial charge < -0.3 is 10.6 Å². The molecule has 19 heavy (non-hydrogen) atoms. The zero-order valence-electron chi connectivity index (χ0n) is 11.2. The first-order chi connectivity index (χ1) is 8.85. The van der Waals surface area contributed by atoms with Crippen molar-refractivity contribution < 1.29 is 18.0 Å². The largest absolute Gasteiger partial charge is 0.404 e. The molecule has 0 radical (unpaired) electrons. The monoisotopic (exact) mass is 278 g/mol. The first-order valence-electron chi connectivity index (χ1n) is 6.91. The Morgan fingerprint density at radius 2 is 2.00 bits per heavy atom. The predicted molar refractivity (Wildman–Crippen MR) is 65.6 cm³/mol. The maximum Gasteiger partial charge on any atom is 0.404 e. The quantitative estimate of drug-likeness (QED) is 0.809. The summed E-state index contributed by atoms with van der Waals surface area (Å²) in [4.78, 5) is 12.0. The van der Waals surface area contributed by atoms with Crippen LogP contribution in [0.15, 0.2) is 0 Å². The minimum absolute atomic E-state index is 0.0727. The Kier molecular flexibility index (Phi) is 3.82. The third-order valence-electron chi connectivity index (χ3n) is 4.49. The van der Waals surface area contributed by atoms with Crippen LogP contribution in [-0.4, -0.2) is 31.7 Å². The minimum atomic E-state index is -4.48. The summed E-state index contributed by atoms with van der Waals surface area (Å²) in [7, 11) is 0. The summed E-state index contributed by atoms with van der Waals surface area (Å²) in [6, 6.07) is 0. The van der Waals surface area contributed by atoms with Crippen molar-refractivity contribution in [2.75, 3.05) is 19.6 Å². The first kappa shape index (κ1) is 14.6. The number of amides is 1. The molecule has 0 spiro atoms. The third kappa shape index (κ3) is 2.73. The molecule has 1 saturated heterocycles. The summed E-state index contributed by atoms with van der Waals surface area (Å²) in [5.41, 5.74) is -2.15. The molecule has 0 aromatic carbocycles. The van der Waals surface area contributed by atoms with Gasteiger partial charge in [0.25, 0.3) is 0 Å². The van der Waals surface area contributed by atoms with Crippen LogP contribution in [0.2, 0.25) is 0 Å². The molecule has 6 heteroatoms. The van der Waals surface area contributed by atoms with Crippen LogP contribution >= 0.6 is 0 Å². The first-order valence-corrected chi connectivity index (χ1v) is 6.91. The SMILES string of the molecule is CCCC1(CNC(=O)C2(C(F)(F)F)CCNC2)CC1. The van der Waals surface area contributed by atoms with Gasteiger partial charge in [-0.3, -0.25) is 4.79 Å². The fraction of sp³-hybridized carbons (Fsp3) is 0.923. The van der Waals surface area contributed by atoms with E-state index in [2.05, 4.69) is 17.6 Å². The lowest BCUT2D eigenvalue weighted by Crippen LogP contribution is -2.53. The summed E-state index contributed by atoms with van der Waals surface area (Å²) in [5.74, 6) is -0.854. The van der Waals surface area contributed by atoms with Gasteiger partial charge in [-0.05, 0) is 37.6 Å². The molecule has 0 aromatic heterocycles. The molecule has 1 saturated carbocycles. The zero-order valence-corrected chi connectivity index (χ0v) is 11.2. The van der Waals surface area contributed by atoms with Crippen molar-refractivity contribution in [1.82, 2.24) is 10.6 Å². The second-order valence-electron chi connectivity index (χ2n) is 5.94. The number of hydrogen-bond acceptors (Lipinski definition) is 2. The smallest absolute Gasteiger partial charge is 0.355 e. The molecule has 0 bridgehead atoms. The second-order valence-corrected chi connectivity index (χ2v) is 5.94. The molecular weight excluding hydrogens is 257 g/mol. The van der Waals surface area contributed by atoms with Gasteiger partial charge in [-0.2, -0.15) is 13.2 Å². The molecule has 1 atom stereocenters. The van der Waals surface area contributed by atoms with Gasteiger partial charge in [0.15, 0.2) is 5.41 Å². The number of halogens is 3. The Balaban J connectivity index is 1.98. The van der Waals surface area contributed by atoms with E-state index in [1.54, 1.807) is 0 Å². The number of carbonyl (C=O) groups excluding carboxylic acids is 1. The van der Waals surface area contributed by atoms with Gasteiger partial charge in [0, 0.05) is 13.1 Å². The lowest BCUT2D eigenvalue weighted by molar-refractivity contribution is -0.216. The Morgan fingerprint density at radius 3 is 2.42 bits per heavy atom. The normalized spacial score (nSPS) is 29.3. The molecule has 3 nitrogen and oxygen atoms in total. The van der Waals surface area contributed by atoms with E-state index in [0.29, 0.717) is 6.54 Å². The highest BCUT2D eigenvalue weighted by Crippen LogP contribution is 2.49. The molecular formula is C13H21F3N2O. The number of nitrogens with one attached hydrogen (secondary N) is 2. The minimum Gasteiger partial charge on any atom is -0.355 e. The van der Waals surface area contributed by atoms with Crippen molar-refractivity contribution in [3.05, 3.63) is 0 Å².